The Hall–Kier alpha value is -2.90. The highest BCUT2D eigenvalue weighted by Gasteiger charge is 2.25. The van der Waals surface area contributed by atoms with Gasteiger partial charge in [0, 0.05) is 32.2 Å². The van der Waals surface area contributed by atoms with Gasteiger partial charge < -0.3 is 19.3 Å². The van der Waals surface area contributed by atoms with Crippen LogP contribution in [0.2, 0.25) is 0 Å². The smallest absolute Gasteiger partial charge is 0.321 e. The van der Waals surface area contributed by atoms with Crippen LogP contribution in [0.5, 0.6) is 11.9 Å². The summed E-state index contributed by atoms with van der Waals surface area (Å²) in [6.07, 6.45) is 0. The topological polar surface area (TPSA) is 67.8 Å². The van der Waals surface area contributed by atoms with Gasteiger partial charge in [0.05, 0.1) is 19.8 Å². The molecule has 1 saturated heterocycles. The molecule has 1 aliphatic heterocycles. The van der Waals surface area contributed by atoms with Crippen molar-refractivity contribution in [2.45, 2.75) is 0 Å². The molecule has 8 heteroatoms. The van der Waals surface area contributed by atoms with Crippen molar-refractivity contribution in [1.29, 1.82) is 0 Å². The maximum Gasteiger partial charge on any atom is 0.321 e. The largest absolute Gasteiger partial charge is 0.481 e. The number of aromatic nitrogens is 2. The molecule has 1 fully saturated rings. The van der Waals surface area contributed by atoms with Crippen LogP contribution in [0.4, 0.5) is 10.2 Å². The number of halogens is 1. The van der Waals surface area contributed by atoms with Gasteiger partial charge in [-0.05, 0) is 12.1 Å². The van der Waals surface area contributed by atoms with Gasteiger partial charge >= 0.3 is 6.01 Å². The summed E-state index contributed by atoms with van der Waals surface area (Å²) in [7, 11) is 3.01. The molecule has 0 saturated carbocycles. The molecule has 1 aromatic heterocycles. The lowest BCUT2D eigenvalue weighted by molar-refractivity contribution is 0.0741. The molecule has 0 radical (unpaired) electrons. The number of anilines is 1. The lowest BCUT2D eigenvalue weighted by atomic mass is 10.1. The summed E-state index contributed by atoms with van der Waals surface area (Å²) in [5.74, 6) is 0.282. The Morgan fingerprint density at radius 2 is 1.80 bits per heavy atom. The van der Waals surface area contributed by atoms with E-state index < -0.39 is 5.82 Å². The molecule has 0 aliphatic carbocycles. The van der Waals surface area contributed by atoms with Crippen LogP contribution < -0.4 is 14.4 Å². The average Bonchev–Trinajstić information content (AvgIpc) is 2.67. The van der Waals surface area contributed by atoms with Gasteiger partial charge in [-0.15, -0.1) is 0 Å². The average molecular weight is 346 g/mol. The number of amides is 1. The highest BCUT2D eigenvalue weighted by atomic mass is 19.1. The monoisotopic (exact) mass is 346 g/mol. The van der Waals surface area contributed by atoms with Gasteiger partial charge in [0.15, 0.2) is 0 Å². The van der Waals surface area contributed by atoms with Gasteiger partial charge in [0.25, 0.3) is 5.91 Å². The van der Waals surface area contributed by atoms with E-state index in [9.17, 15) is 9.18 Å². The summed E-state index contributed by atoms with van der Waals surface area (Å²) in [5.41, 5.74) is 0.0984. The van der Waals surface area contributed by atoms with Crippen molar-refractivity contribution in [2.75, 3.05) is 45.3 Å². The fourth-order valence-corrected chi connectivity index (χ4v) is 2.69. The first-order chi connectivity index (χ1) is 12.1. The van der Waals surface area contributed by atoms with Gasteiger partial charge in [0.2, 0.25) is 5.88 Å². The Morgan fingerprint density at radius 3 is 2.44 bits per heavy atom. The van der Waals surface area contributed by atoms with Crippen LogP contribution in [-0.2, 0) is 0 Å². The third kappa shape index (κ3) is 3.62. The Morgan fingerprint density at radius 1 is 1.08 bits per heavy atom. The Bertz CT molecular complexity index is 741. The summed E-state index contributed by atoms with van der Waals surface area (Å²) >= 11 is 0. The van der Waals surface area contributed by atoms with Gasteiger partial charge in [-0.2, -0.15) is 9.97 Å². The highest BCUT2D eigenvalue weighted by molar-refractivity contribution is 5.94. The van der Waals surface area contributed by atoms with E-state index in [0.29, 0.717) is 37.9 Å². The number of hydrogen-bond acceptors (Lipinski definition) is 6. The fraction of sp³-hybridized carbons (Fsp3) is 0.353. The van der Waals surface area contributed by atoms with Gasteiger partial charge in [-0.1, -0.05) is 12.1 Å². The number of carbonyl (C=O) groups is 1. The van der Waals surface area contributed by atoms with Crippen molar-refractivity contribution in [3.63, 3.8) is 0 Å². The molecule has 7 nitrogen and oxygen atoms in total. The number of methoxy groups -OCH3 is 2. The summed E-state index contributed by atoms with van der Waals surface area (Å²) in [4.78, 5) is 24.5. The summed E-state index contributed by atoms with van der Waals surface area (Å²) in [5, 5.41) is 0. The van der Waals surface area contributed by atoms with E-state index >= 15 is 0 Å². The minimum absolute atomic E-state index is 0.0984. The predicted molar refractivity (Wildman–Crippen MR) is 89.7 cm³/mol. The van der Waals surface area contributed by atoms with Crippen LogP contribution in [0.3, 0.4) is 0 Å². The molecule has 1 aromatic carbocycles. The summed E-state index contributed by atoms with van der Waals surface area (Å²) in [6, 6.07) is 7.97. The number of ether oxygens (including phenoxy) is 2. The van der Waals surface area contributed by atoms with Crippen LogP contribution in [0, 0.1) is 5.82 Å². The zero-order valence-electron chi connectivity index (χ0n) is 14.1. The van der Waals surface area contributed by atoms with E-state index in [-0.39, 0.29) is 17.5 Å². The molecule has 2 heterocycles. The second-order valence-corrected chi connectivity index (χ2v) is 5.51. The highest BCUT2D eigenvalue weighted by Crippen LogP contribution is 2.22. The first kappa shape index (κ1) is 16.9. The minimum Gasteiger partial charge on any atom is -0.481 e. The third-order valence-corrected chi connectivity index (χ3v) is 4.06. The van der Waals surface area contributed by atoms with Crippen LogP contribution in [-0.4, -0.2) is 61.2 Å². The predicted octanol–water partition coefficient (Wildman–Crippen LogP) is 1.60. The molecular weight excluding hydrogens is 327 g/mol. The summed E-state index contributed by atoms with van der Waals surface area (Å²) in [6.45, 7) is 2.09. The van der Waals surface area contributed by atoms with E-state index in [0.717, 1.165) is 0 Å². The van der Waals surface area contributed by atoms with Gasteiger partial charge in [-0.25, -0.2) is 4.39 Å². The lowest BCUT2D eigenvalue weighted by Gasteiger charge is -2.35. The molecule has 1 aliphatic rings. The molecule has 0 N–H and O–H groups in total. The molecular formula is C17H19FN4O3. The minimum atomic E-state index is -0.500. The van der Waals surface area contributed by atoms with Crippen molar-refractivity contribution >= 4 is 11.7 Å². The van der Waals surface area contributed by atoms with E-state index in [1.807, 2.05) is 4.90 Å². The van der Waals surface area contributed by atoms with Crippen molar-refractivity contribution in [3.8, 4) is 11.9 Å². The summed E-state index contributed by atoms with van der Waals surface area (Å²) < 4.78 is 24.0. The Balaban J connectivity index is 1.70. The van der Waals surface area contributed by atoms with Crippen molar-refractivity contribution in [1.82, 2.24) is 14.9 Å². The van der Waals surface area contributed by atoms with Gasteiger partial charge in [0.1, 0.15) is 11.6 Å². The Labute approximate surface area is 145 Å². The number of benzene rings is 1. The first-order valence-electron chi connectivity index (χ1n) is 7.88. The van der Waals surface area contributed by atoms with E-state index in [2.05, 4.69) is 9.97 Å². The van der Waals surface area contributed by atoms with Crippen LogP contribution in [0.25, 0.3) is 0 Å². The Kier molecular flexibility index (Phi) is 4.97. The first-order valence-corrected chi connectivity index (χ1v) is 7.88. The standard InChI is InChI=1S/C17H19FN4O3/c1-24-15-11-14(19-17(20-15)25-2)21-7-9-22(10-8-21)16(23)12-5-3-4-6-13(12)18/h3-6,11H,7-10H2,1-2H3. The van der Waals surface area contributed by atoms with Crippen LogP contribution in [0.15, 0.2) is 30.3 Å². The second kappa shape index (κ2) is 7.33. The van der Waals surface area contributed by atoms with Crippen LogP contribution in [0.1, 0.15) is 10.4 Å². The van der Waals surface area contributed by atoms with E-state index in [1.54, 1.807) is 23.1 Å². The molecule has 3 rings (SSSR count). The zero-order chi connectivity index (χ0) is 17.8. The lowest BCUT2D eigenvalue weighted by Crippen LogP contribution is -2.49. The second-order valence-electron chi connectivity index (χ2n) is 5.51. The van der Waals surface area contributed by atoms with Crippen molar-refractivity contribution in [2.24, 2.45) is 0 Å². The maximum atomic E-state index is 13.8. The van der Waals surface area contributed by atoms with Crippen molar-refractivity contribution < 1.29 is 18.7 Å². The normalized spacial score (nSPS) is 14.4. The number of piperazine rings is 1. The number of carbonyl (C=O) groups excluding carboxylic acids is 1. The fourth-order valence-electron chi connectivity index (χ4n) is 2.69. The quantitative estimate of drug-likeness (QED) is 0.838. The molecule has 25 heavy (non-hydrogen) atoms. The molecule has 0 unspecified atom stereocenters. The SMILES string of the molecule is COc1cc(N2CCN(C(=O)c3ccccc3F)CC2)nc(OC)n1. The molecule has 0 atom stereocenters. The van der Waals surface area contributed by atoms with E-state index in [4.69, 9.17) is 9.47 Å². The molecule has 0 spiro atoms. The maximum absolute atomic E-state index is 13.8. The molecule has 1 amide bonds. The van der Waals surface area contributed by atoms with E-state index in [1.165, 1.54) is 26.4 Å². The van der Waals surface area contributed by atoms with Crippen molar-refractivity contribution in [3.05, 3.63) is 41.7 Å². The molecule has 0 bridgehead atoms. The molecule has 2 aromatic rings. The molecule has 132 valence electrons. The third-order valence-electron chi connectivity index (χ3n) is 4.06. The zero-order valence-corrected chi connectivity index (χ0v) is 14.1. The van der Waals surface area contributed by atoms with Crippen LogP contribution >= 0.6 is 0 Å². The number of nitrogens with zero attached hydrogens (tertiary/aromatic N) is 4. The van der Waals surface area contributed by atoms with Gasteiger partial charge in [-0.3, -0.25) is 4.79 Å². The number of rotatable bonds is 4. The number of hydrogen-bond donors (Lipinski definition) is 0.